The van der Waals surface area contributed by atoms with Crippen molar-refractivity contribution in [2.75, 3.05) is 0 Å². The third-order valence-corrected chi connectivity index (χ3v) is 2.25. The van der Waals surface area contributed by atoms with Crippen molar-refractivity contribution in [3.63, 3.8) is 0 Å². The van der Waals surface area contributed by atoms with Crippen LogP contribution in [-0.4, -0.2) is 5.78 Å². The molecular formula is C10H16O. The van der Waals surface area contributed by atoms with E-state index in [1.165, 1.54) is 32.1 Å². The second-order valence-corrected chi connectivity index (χ2v) is 3.37. The topological polar surface area (TPSA) is 17.1 Å². The molecule has 0 aromatic rings. The zero-order chi connectivity index (χ0) is 8.10. The molecule has 1 heteroatoms. The Morgan fingerprint density at radius 3 is 2.45 bits per heavy atom. The van der Waals surface area contributed by atoms with Crippen LogP contribution in [0.25, 0.3) is 0 Å². The Kier molecular flexibility index (Phi) is 3.34. The van der Waals surface area contributed by atoms with Crippen LogP contribution in [0.15, 0.2) is 12.2 Å². The zero-order valence-corrected chi connectivity index (χ0v) is 7.18. The van der Waals surface area contributed by atoms with Gasteiger partial charge in [-0.25, -0.2) is 0 Å². The average molecular weight is 152 g/mol. The highest BCUT2D eigenvalue weighted by molar-refractivity contribution is 5.87. The highest BCUT2D eigenvalue weighted by Gasteiger charge is 2.09. The molecule has 0 bridgehead atoms. The SMILES string of the molecule is CC(=O)/C=C/C1CCCCC1. The monoisotopic (exact) mass is 152 g/mol. The average Bonchev–Trinajstić information content (AvgIpc) is 2.03. The lowest BCUT2D eigenvalue weighted by atomic mass is 9.89. The molecular weight excluding hydrogens is 136 g/mol. The van der Waals surface area contributed by atoms with Crippen molar-refractivity contribution < 1.29 is 4.79 Å². The van der Waals surface area contributed by atoms with Gasteiger partial charge in [0, 0.05) is 0 Å². The minimum absolute atomic E-state index is 0.176. The molecule has 0 radical (unpaired) electrons. The predicted octanol–water partition coefficient (Wildman–Crippen LogP) is 2.71. The summed E-state index contributed by atoms with van der Waals surface area (Å²) in [6.07, 6.45) is 10.4. The Hall–Kier alpha value is -0.590. The molecule has 0 aliphatic heterocycles. The molecule has 0 amide bonds. The van der Waals surface area contributed by atoms with Crippen LogP contribution in [-0.2, 0) is 4.79 Å². The number of allylic oxidation sites excluding steroid dienone is 2. The number of hydrogen-bond acceptors (Lipinski definition) is 1. The lowest BCUT2D eigenvalue weighted by Crippen LogP contribution is -2.03. The molecule has 11 heavy (non-hydrogen) atoms. The molecule has 62 valence electrons. The molecule has 0 heterocycles. The van der Waals surface area contributed by atoms with Gasteiger partial charge in [0.2, 0.25) is 0 Å². The van der Waals surface area contributed by atoms with Crippen molar-refractivity contribution in [2.24, 2.45) is 5.92 Å². The molecule has 1 saturated carbocycles. The summed E-state index contributed by atoms with van der Waals surface area (Å²) in [5.41, 5.74) is 0. The fourth-order valence-corrected chi connectivity index (χ4v) is 1.60. The highest BCUT2D eigenvalue weighted by atomic mass is 16.1. The van der Waals surface area contributed by atoms with Gasteiger partial charge in [0.1, 0.15) is 0 Å². The quantitative estimate of drug-likeness (QED) is 0.556. The first-order chi connectivity index (χ1) is 5.29. The first-order valence-electron chi connectivity index (χ1n) is 4.48. The molecule has 1 aliphatic rings. The van der Waals surface area contributed by atoms with Crippen molar-refractivity contribution in [1.82, 2.24) is 0 Å². The Morgan fingerprint density at radius 1 is 1.27 bits per heavy atom. The van der Waals surface area contributed by atoms with E-state index in [1.54, 1.807) is 13.0 Å². The van der Waals surface area contributed by atoms with Crippen LogP contribution in [0.5, 0.6) is 0 Å². The number of carbonyl (C=O) groups is 1. The van der Waals surface area contributed by atoms with Gasteiger partial charge in [-0.05, 0) is 31.8 Å². The first kappa shape index (κ1) is 8.51. The third-order valence-electron chi connectivity index (χ3n) is 2.25. The molecule has 0 saturated heterocycles. The number of carbonyl (C=O) groups excluding carboxylic acids is 1. The van der Waals surface area contributed by atoms with Crippen LogP contribution in [0.3, 0.4) is 0 Å². The van der Waals surface area contributed by atoms with E-state index in [-0.39, 0.29) is 5.78 Å². The van der Waals surface area contributed by atoms with E-state index in [0.717, 1.165) is 0 Å². The molecule has 1 fully saturated rings. The zero-order valence-electron chi connectivity index (χ0n) is 7.18. The molecule has 0 N–H and O–H groups in total. The van der Waals surface area contributed by atoms with Crippen LogP contribution in [0.1, 0.15) is 39.0 Å². The van der Waals surface area contributed by atoms with Crippen molar-refractivity contribution >= 4 is 5.78 Å². The Morgan fingerprint density at radius 2 is 1.91 bits per heavy atom. The summed E-state index contributed by atoms with van der Waals surface area (Å²) in [6.45, 7) is 1.61. The van der Waals surface area contributed by atoms with E-state index >= 15 is 0 Å². The summed E-state index contributed by atoms with van der Waals surface area (Å²) in [6, 6.07) is 0. The van der Waals surface area contributed by atoms with Gasteiger partial charge in [0.05, 0.1) is 0 Å². The summed E-state index contributed by atoms with van der Waals surface area (Å²) in [5.74, 6) is 0.864. The van der Waals surface area contributed by atoms with Crippen LogP contribution in [0, 0.1) is 5.92 Å². The normalized spacial score (nSPS) is 20.8. The molecule has 1 aliphatic carbocycles. The number of ketones is 1. The van der Waals surface area contributed by atoms with E-state index in [2.05, 4.69) is 6.08 Å². The van der Waals surface area contributed by atoms with Crippen molar-refractivity contribution in [1.29, 1.82) is 0 Å². The highest BCUT2D eigenvalue weighted by Crippen LogP contribution is 2.24. The molecule has 0 aromatic carbocycles. The van der Waals surface area contributed by atoms with Gasteiger partial charge in [-0.15, -0.1) is 0 Å². The van der Waals surface area contributed by atoms with Gasteiger partial charge in [-0.1, -0.05) is 25.3 Å². The van der Waals surface area contributed by atoms with Gasteiger partial charge in [0.15, 0.2) is 5.78 Å². The molecule has 1 nitrogen and oxygen atoms in total. The smallest absolute Gasteiger partial charge is 0.152 e. The van der Waals surface area contributed by atoms with Crippen molar-refractivity contribution in [3.05, 3.63) is 12.2 Å². The van der Waals surface area contributed by atoms with E-state index in [9.17, 15) is 4.79 Å². The third kappa shape index (κ3) is 3.35. The summed E-state index contributed by atoms with van der Waals surface area (Å²) in [7, 11) is 0. The minimum Gasteiger partial charge on any atom is -0.295 e. The van der Waals surface area contributed by atoms with Gasteiger partial charge < -0.3 is 0 Å². The van der Waals surface area contributed by atoms with Crippen molar-refractivity contribution in [2.45, 2.75) is 39.0 Å². The summed E-state index contributed by atoms with van der Waals surface area (Å²) in [4.78, 5) is 10.6. The van der Waals surface area contributed by atoms with E-state index in [1.807, 2.05) is 0 Å². The lowest BCUT2D eigenvalue weighted by molar-refractivity contribution is -0.112. The molecule has 0 spiro atoms. The van der Waals surface area contributed by atoms with Gasteiger partial charge in [-0.3, -0.25) is 4.79 Å². The Labute approximate surface area is 68.5 Å². The summed E-state index contributed by atoms with van der Waals surface area (Å²) in [5, 5.41) is 0. The fraction of sp³-hybridized carbons (Fsp3) is 0.700. The molecule has 0 aromatic heterocycles. The first-order valence-corrected chi connectivity index (χ1v) is 4.48. The summed E-state index contributed by atoms with van der Waals surface area (Å²) >= 11 is 0. The number of rotatable bonds is 2. The molecule has 1 rings (SSSR count). The van der Waals surface area contributed by atoms with Crippen LogP contribution in [0.2, 0.25) is 0 Å². The Bertz CT molecular complexity index is 152. The van der Waals surface area contributed by atoms with Gasteiger partial charge in [-0.2, -0.15) is 0 Å². The second-order valence-electron chi connectivity index (χ2n) is 3.37. The maximum atomic E-state index is 10.6. The predicted molar refractivity (Wildman–Crippen MR) is 46.4 cm³/mol. The van der Waals surface area contributed by atoms with Crippen LogP contribution >= 0.6 is 0 Å². The van der Waals surface area contributed by atoms with E-state index in [0.29, 0.717) is 5.92 Å². The molecule has 0 atom stereocenters. The van der Waals surface area contributed by atoms with Gasteiger partial charge in [0.25, 0.3) is 0 Å². The van der Waals surface area contributed by atoms with Crippen LogP contribution < -0.4 is 0 Å². The van der Waals surface area contributed by atoms with Gasteiger partial charge >= 0.3 is 0 Å². The number of hydrogen-bond donors (Lipinski definition) is 0. The maximum Gasteiger partial charge on any atom is 0.152 e. The van der Waals surface area contributed by atoms with Crippen molar-refractivity contribution in [3.8, 4) is 0 Å². The summed E-state index contributed by atoms with van der Waals surface area (Å²) < 4.78 is 0. The lowest BCUT2D eigenvalue weighted by Gasteiger charge is -2.17. The minimum atomic E-state index is 0.176. The Balaban J connectivity index is 2.29. The van der Waals surface area contributed by atoms with E-state index in [4.69, 9.17) is 0 Å². The molecule has 0 unspecified atom stereocenters. The largest absolute Gasteiger partial charge is 0.295 e. The van der Waals surface area contributed by atoms with Crippen LogP contribution in [0.4, 0.5) is 0 Å². The fourth-order valence-electron chi connectivity index (χ4n) is 1.60. The second kappa shape index (κ2) is 4.32. The van der Waals surface area contributed by atoms with E-state index < -0.39 is 0 Å². The maximum absolute atomic E-state index is 10.6. The standard InChI is InChI=1S/C10H16O/c1-9(11)7-8-10-5-3-2-4-6-10/h7-8,10H,2-6H2,1H3/b8-7+.